The highest BCUT2D eigenvalue weighted by molar-refractivity contribution is 5.24. The lowest BCUT2D eigenvalue weighted by Gasteiger charge is -2.12. The number of rotatable bonds is 1. The molecule has 0 saturated carbocycles. The first-order valence-electron chi connectivity index (χ1n) is 3.63. The van der Waals surface area contributed by atoms with E-state index in [1.807, 2.05) is 0 Å². The Bertz CT molecular complexity index is 296. The van der Waals surface area contributed by atoms with Crippen molar-refractivity contribution in [2.24, 2.45) is 0 Å². The van der Waals surface area contributed by atoms with Crippen molar-refractivity contribution >= 4 is 0 Å². The van der Waals surface area contributed by atoms with Gasteiger partial charge in [0.25, 0.3) is 0 Å². The third-order valence-corrected chi connectivity index (χ3v) is 1.54. The minimum Gasteiger partial charge on any atom is -0.387 e. The monoisotopic (exact) mass is 191 g/mol. The minimum atomic E-state index is -4.46. The summed E-state index contributed by atoms with van der Waals surface area (Å²) in [5.41, 5.74) is -1.22. The molecule has 0 bridgehead atoms. The zero-order valence-corrected chi connectivity index (χ0v) is 6.84. The van der Waals surface area contributed by atoms with Crippen LogP contribution in [-0.2, 0) is 6.18 Å². The highest BCUT2D eigenvalue weighted by Crippen LogP contribution is 2.32. The van der Waals surface area contributed by atoms with Gasteiger partial charge in [0.2, 0.25) is 0 Å². The van der Waals surface area contributed by atoms with E-state index >= 15 is 0 Å². The molecule has 1 N–H and O–H groups in total. The summed E-state index contributed by atoms with van der Waals surface area (Å²) in [6.45, 7) is 1.25. The van der Waals surface area contributed by atoms with Gasteiger partial charge in [0.15, 0.2) is 0 Å². The fourth-order valence-electron chi connectivity index (χ4n) is 0.990. The highest BCUT2D eigenvalue weighted by atomic mass is 19.4. The summed E-state index contributed by atoms with van der Waals surface area (Å²) in [4.78, 5) is 3.47. The number of nitrogens with zero attached hydrogens (tertiary/aromatic N) is 1. The lowest BCUT2D eigenvalue weighted by Crippen LogP contribution is -2.12. The Morgan fingerprint density at radius 2 is 2.08 bits per heavy atom. The third kappa shape index (κ3) is 2.18. The maximum atomic E-state index is 12.3. The molecule has 1 aromatic rings. The van der Waals surface area contributed by atoms with Crippen molar-refractivity contribution < 1.29 is 18.3 Å². The Hall–Kier alpha value is -1.10. The first-order chi connectivity index (χ1) is 5.93. The predicted octanol–water partition coefficient (Wildman–Crippen LogP) is 2.15. The van der Waals surface area contributed by atoms with Crippen molar-refractivity contribution in [2.45, 2.75) is 19.2 Å². The summed E-state index contributed by atoms with van der Waals surface area (Å²) in [6.07, 6.45) is -4.45. The average Bonchev–Trinajstić information content (AvgIpc) is 2.03. The summed E-state index contributed by atoms with van der Waals surface area (Å²) >= 11 is 0. The number of alkyl halides is 3. The van der Waals surface area contributed by atoms with Crippen molar-refractivity contribution in [3.63, 3.8) is 0 Å². The molecule has 1 rings (SSSR count). The van der Waals surface area contributed by atoms with Crippen molar-refractivity contribution in [2.75, 3.05) is 0 Å². The number of pyridine rings is 1. The average molecular weight is 191 g/mol. The van der Waals surface area contributed by atoms with Gasteiger partial charge < -0.3 is 5.11 Å². The molecule has 0 amide bonds. The molecule has 13 heavy (non-hydrogen) atoms. The van der Waals surface area contributed by atoms with E-state index in [4.69, 9.17) is 5.11 Å². The van der Waals surface area contributed by atoms with E-state index in [2.05, 4.69) is 4.98 Å². The van der Waals surface area contributed by atoms with E-state index in [0.29, 0.717) is 0 Å². The largest absolute Gasteiger partial charge is 0.418 e. The predicted molar refractivity (Wildman–Crippen MR) is 39.9 cm³/mol. The van der Waals surface area contributed by atoms with Crippen molar-refractivity contribution in [1.82, 2.24) is 4.98 Å². The Labute approximate surface area is 73.0 Å². The zero-order chi connectivity index (χ0) is 10.1. The molecule has 1 aromatic heterocycles. The van der Waals surface area contributed by atoms with Gasteiger partial charge in [-0.1, -0.05) is 0 Å². The minimum absolute atomic E-state index is 0.338. The Morgan fingerprint density at radius 1 is 1.46 bits per heavy atom. The molecule has 1 atom stereocenters. The second kappa shape index (κ2) is 3.33. The Morgan fingerprint density at radius 3 is 2.46 bits per heavy atom. The van der Waals surface area contributed by atoms with Crippen LogP contribution in [0.5, 0.6) is 0 Å². The number of aliphatic hydroxyl groups excluding tert-OH is 1. The van der Waals surface area contributed by atoms with Crippen LogP contribution in [0.4, 0.5) is 13.2 Å². The van der Waals surface area contributed by atoms with Gasteiger partial charge >= 0.3 is 6.18 Å². The van der Waals surface area contributed by atoms with E-state index < -0.39 is 17.8 Å². The number of hydrogen-bond acceptors (Lipinski definition) is 2. The molecular formula is C8H8F3NO. The third-order valence-electron chi connectivity index (χ3n) is 1.54. The van der Waals surface area contributed by atoms with Crippen LogP contribution in [0.15, 0.2) is 18.3 Å². The van der Waals surface area contributed by atoms with E-state index in [1.165, 1.54) is 19.2 Å². The number of aromatic nitrogens is 1. The SMILES string of the molecule is CC(O)c1ncccc1C(F)(F)F. The first-order valence-corrected chi connectivity index (χ1v) is 3.63. The van der Waals surface area contributed by atoms with Crippen LogP contribution < -0.4 is 0 Å². The molecule has 0 aliphatic rings. The molecule has 72 valence electrons. The van der Waals surface area contributed by atoms with Gasteiger partial charge in [0, 0.05) is 6.20 Å². The van der Waals surface area contributed by atoms with Gasteiger partial charge in [-0.05, 0) is 19.1 Å². The van der Waals surface area contributed by atoms with Crippen LogP contribution in [-0.4, -0.2) is 10.1 Å². The molecule has 5 heteroatoms. The van der Waals surface area contributed by atoms with Crippen LogP contribution in [0.2, 0.25) is 0 Å². The van der Waals surface area contributed by atoms with Crippen LogP contribution in [0.25, 0.3) is 0 Å². The lowest BCUT2D eigenvalue weighted by molar-refractivity contribution is -0.139. The molecule has 0 fully saturated rings. The second-order valence-electron chi connectivity index (χ2n) is 2.61. The Kier molecular flexibility index (Phi) is 2.56. The smallest absolute Gasteiger partial charge is 0.387 e. The number of hydrogen-bond donors (Lipinski definition) is 1. The summed E-state index contributed by atoms with van der Waals surface area (Å²) in [5.74, 6) is 0. The molecule has 0 radical (unpaired) electrons. The molecule has 0 aromatic carbocycles. The van der Waals surface area contributed by atoms with Crippen LogP contribution in [0, 0.1) is 0 Å². The fraction of sp³-hybridized carbons (Fsp3) is 0.375. The molecule has 0 spiro atoms. The van der Waals surface area contributed by atoms with E-state index in [0.717, 1.165) is 6.07 Å². The molecular weight excluding hydrogens is 183 g/mol. The van der Waals surface area contributed by atoms with Crippen molar-refractivity contribution in [3.8, 4) is 0 Å². The maximum absolute atomic E-state index is 12.3. The number of halogens is 3. The maximum Gasteiger partial charge on any atom is 0.418 e. The lowest BCUT2D eigenvalue weighted by atomic mass is 10.1. The molecule has 1 heterocycles. The van der Waals surface area contributed by atoms with Crippen LogP contribution >= 0.6 is 0 Å². The van der Waals surface area contributed by atoms with Crippen molar-refractivity contribution in [1.29, 1.82) is 0 Å². The van der Waals surface area contributed by atoms with Gasteiger partial charge in [0.05, 0.1) is 17.4 Å². The molecule has 0 aliphatic heterocycles. The van der Waals surface area contributed by atoms with E-state index in [1.54, 1.807) is 0 Å². The Balaban J connectivity index is 3.20. The fourth-order valence-corrected chi connectivity index (χ4v) is 0.990. The van der Waals surface area contributed by atoms with Crippen molar-refractivity contribution in [3.05, 3.63) is 29.6 Å². The standard InChI is InChI=1S/C8H8F3NO/c1-5(13)7-6(8(9,10)11)3-2-4-12-7/h2-5,13H,1H3. The molecule has 1 unspecified atom stereocenters. The van der Waals surface area contributed by atoms with Crippen LogP contribution in [0.3, 0.4) is 0 Å². The number of aliphatic hydroxyl groups is 1. The van der Waals surface area contributed by atoms with Crippen LogP contribution in [0.1, 0.15) is 24.3 Å². The van der Waals surface area contributed by atoms with Gasteiger partial charge in [-0.25, -0.2) is 0 Å². The molecule has 0 saturated heterocycles. The van der Waals surface area contributed by atoms with E-state index in [-0.39, 0.29) is 5.69 Å². The summed E-state index contributed by atoms with van der Waals surface area (Å²) < 4.78 is 36.8. The quantitative estimate of drug-likeness (QED) is 0.737. The highest BCUT2D eigenvalue weighted by Gasteiger charge is 2.34. The second-order valence-corrected chi connectivity index (χ2v) is 2.61. The van der Waals surface area contributed by atoms with Gasteiger partial charge in [-0.3, -0.25) is 4.98 Å². The molecule has 2 nitrogen and oxygen atoms in total. The molecule has 0 aliphatic carbocycles. The van der Waals surface area contributed by atoms with Gasteiger partial charge in [-0.15, -0.1) is 0 Å². The summed E-state index contributed by atoms with van der Waals surface area (Å²) in [6, 6.07) is 2.09. The van der Waals surface area contributed by atoms with E-state index in [9.17, 15) is 13.2 Å². The normalized spacial score (nSPS) is 14.2. The zero-order valence-electron chi connectivity index (χ0n) is 6.84. The summed E-state index contributed by atoms with van der Waals surface area (Å²) in [5, 5.41) is 9.01. The topological polar surface area (TPSA) is 33.1 Å². The summed E-state index contributed by atoms with van der Waals surface area (Å²) in [7, 11) is 0. The first kappa shape index (κ1) is 9.98. The van der Waals surface area contributed by atoms with Gasteiger partial charge in [0.1, 0.15) is 0 Å². The van der Waals surface area contributed by atoms with Gasteiger partial charge in [-0.2, -0.15) is 13.2 Å².